The zero-order chi connectivity index (χ0) is 13.8. The lowest BCUT2D eigenvalue weighted by molar-refractivity contribution is 0.875. The topological polar surface area (TPSA) is 42.1 Å². The first-order valence-electron chi connectivity index (χ1n) is 6.53. The highest BCUT2D eigenvalue weighted by molar-refractivity contribution is 5.50. The molecule has 0 bridgehead atoms. The number of pyridine rings is 1. The Labute approximate surface area is 115 Å². The largest absolute Gasteiger partial charge is 0.369 e. The summed E-state index contributed by atoms with van der Waals surface area (Å²) in [7, 11) is 2.08. The first-order valence-corrected chi connectivity index (χ1v) is 6.53. The van der Waals surface area contributed by atoms with Gasteiger partial charge in [-0.1, -0.05) is 12.1 Å². The van der Waals surface area contributed by atoms with E-state index in [9.17, 15) is 0 Å². The van der Waals surface area contributed by atoms with Crippen LogP contribution in [0.4, 0.5) is 5.69 Å². The number of aryl methyl sites for hydroxylation is 2. The molecule has 0 saturated carbocycles. The predicted molar refractivity (Wildman–Crippen MR) is 80.2 cm³/mol. The Morgan fingerprint density at radius 2 is 1.95 bits per heavy atom. The zero-order valence-electron chi connectivity index (χ0n) is 11.9. The third kappa shape index (κ3) is 3.32. The van der Waals surface area contributed by atoms with E-state index in [0.717, 1.165) is 17.9 Å². The van der Waals surface area contributed by atoms with Crippen molar-refractivity contribution in [2.45, 2.75) is 26.9 Å². The quantitative estimate of drug-likeness (QED) is 0.913. The van der Waals surface area contributed by atoms with E-state index < -0.39 is 0 Å². The smallest absolute Gasteiger partial charge is 0.0600 e. The Hall–Kier alpha value is -1.87. The number of nitrogens with zero attached hydrogens (tertiary/aromatic N) is 2. The van der Waals surface area contributed by atoms with Gasteiger partial charge in [0.25, 0.3) is 0 Å². The van der Waals surface area contributed by atoms with Crippen LogP contribution in [0.25, 0.3) is 0 Å². The average molecular weight is 255 g/mol. The SMILES string of the molecule is Cc1cccc(CN(C)c2ccc(CN)c(C)c2)n1. The molecule has 0 saturated heterocycles. The van der Waals surface area contributed by atoms with E-state index in [1.54, 1.807) is 0 Å². The van der Waals surface area contributed by atoms with Gasteiger partial charge in [-0.15, -0.1) is 0 Å². The highest BCUT2D eigenvalue weighted by Gasteiger charge is 2.05. The molecule has 19 heavy (non-hydrogen) atoms. The molecule has 0 aliphatic heterocycles. The summed E-state index contributed by atoms with van der Waals surface area (Å²) < 4.78 is 0. The van der Waals surface area contributed by atoms with Gasteiger partial charge in [-0.2, -0.15) is 0 Å². The summed E-state index contributed by atoms with van der Waals surface area (Å²) in [6.45, 7) is 5.52. The maximum atomic E-state index is 5.69. The molecule has 0 radical (unpaired) electrons. The summed E-state index contributed by atoms with van der Waals surface area (Å²) in [5.41, 5.74) is 11.5. The summed E-state index contributed by atoms with van der Waals surface area (Å²) in [4.78, 5) is 6.74. The van der Waals surface area contributed by atoms with E-state index in [2.05, 4.69) is 48.1 Å². The lowest BCUT2D eigenvalue weighted by Gasteiger charge is -2.20. The van der Waals surface area contributed by atoms with Gasteiger partial charge in [0, 0.05) is 25.0 Å². The molecule has 1 aromatic carbocycles. The number of nitrogens with two attached hydrogens (primary N) is 1. The molecule has 3 heteroatoms. The first kappa shape index (κ1) is 13.6. The summed E-state index contributed by atoms with van der Waals surface area (Å²) in [5.74, 6) is 0. The predicted octanol–water partition coefficient (Wildman–Crippen LogP) is 2.79. The highest BCUT2D eigenvalue weighted by atomic mass is 15.1. The summed E-state index contributed by atoms with van der Waals surface area (Å²) >= 11 is 0. The van der Waals surface area contributed by atoms with Crippen molar-refractivity contribution in [3.05, 3.63) is 58.9 Å². The Kier molecular flexibility index (Phi) is 4.17. The second-order valence-corrected chi connectivity index (χ2v) is 4.94. The van der Waals surface area contributed by atoms with E-state index >= 15 is 0 Å². The highest BCUT2D eigenvalue weighted by Crippen LogP contribution is 2.19. The van der Waals surface area contributed by atoms with Gasteiger partial charge in [-0.25, -0.2) is 0 Å². The minimum Gasteiger partial charge on any atom is -0.369 e. The first-order chi connectivity index (χ1) is 9.10. The summed E-state index contributed by atoms with van der Waals surface area (Å²) in [6.07, 6.45) is 0. The Morgan fingerprint density at radius 3 is 2.58 bits per heavy atom. The maximum absolute atomic E-state index is 5.69. The average Bonchev–Trinajstić information content (AvgIpc) is 2.38. The van der Waals surface area contributed by atoms with Gasteiger partial charge in [0.05, 0.1) is 12.2 Å². The molecule has 0 amide bonds. The number of anilines is 1. The van der Waals surface area contributed by atoms with Gasteiger partial charge in [-0.05, 0) is 49.2 Å². The molecule has 0 spiro atoms. The third-order valence-corrected chi connectivity index (χ3v) is 3.33. The number of benzene rings is 1. The summed E-state index contributed by atoms with van der Waals surface area (Å²) in [6, 6.07) is 12.5. The standard InChI is InChI=1S/C16H21N3/c1-12-9-16(8-7-14(12)10-17)19(3)11-15-6-4-5-13(2)18-15/h4-9H,10-11,17H2,1-3H3. The molecule has 2 N–H and O–H groups in total. The molecule has 0 aliphatic carbocycles. The molecular weight excluding hydrogens is 234 g/mol. The molecule has 100 valence electrons. The molecule has 2 rings (SSSR count). The normalized spacial score (nSPS) is 10.5. The molecule has 0 unspecified atom stereocenters. The Balaban J connectivity index is 2.15. The van der Waals surface area contributed by atoms with Gasteiger partial charge < -0.3 is 10.6 Å². The van der Waals surface area contributed by atoms with E-state index in [-0.39, 0.29) is 0 Å². The summed E-state index contributed by atoms with van der Waals surface area (Å²) in [5, 5.41) is 0. The van der Waals surface area contributed by atoms with Gasteiger partial charge in [0.15, 0.2) is 0 Å². The molecule has 3 nitrogen and oxygen atoms in total. The molecular formula is C16H21N3. The Bertz CT molecular complexity index is 564. The number of hydrogen-bond acceptors (Lipinski definition) is 3. The van der Waals surface area contributed by atoms with Crippen LogP contribution in [0.2, 0.25) is 0 Å². The van der Waals surface area contributed by atoms with E-state index in [1.807, 2.05) is 19.1 Å². The van der Waals surface area contributed by atoms with E-state index in [1.165, 1.54) is 16.8 Å². The molecule has 0 atom stereocenters. The second-order valence-electron chi connectivity index (χ2n) is 4.94. The number of rotatable bonds is 4. The zero-order valence-corrected chi connectivity index (χ0v) is 11.9. The molecule has 1 aromatic heterocycles. The fourth-order valence-corrected chi connectivity index (χ4v) is 2.17. The number of hydrogen-bond donors (Lipinski definition) is 1. The van der Waals surface area contributed by atoms with Crippen molar-refractivity contribution >= 4 is 5.69 Å². The van der Waals surface area contributed by atoms with Crippen molar-refractivity contribution in [1.82, 2.24) is 4.98 Å². The second kappa shape index (κ2) is 5.85. The minimum absolute atomic E-state index is 0.593. The Morgan fingerprint density at radius 1 is 1.16 bits per heavy atom. The monoisotopic (exact) mass is 255 g/mol. The van der Waals surface area contributed by atoms with Gasteiger partial charge >= 0.3 is 0 Å². The van der Waals surface area contributed by atoms with Crippen LogP contribution < -0.4 is 10.6 Å². The van der Waals surface area contributed by atoms with E-state index in [0.29, 0.717) is 6.54 Å². The van der Waals surface area contributed by atoms with Crippen molar-refractivity contribution in [3.8, 4) is 0 Å². The van der Waals surface area contributed by atoms with Crippen molar-refractivity contribution in [3.63, 3.8) is 0 Å². The van der Waals surface area contributed by atoms with Gasteiger partial charge in [-0.3, -0.25) is 4.98 Å². The van der Waals surface area contributed by atoms with Crippen molar-refractivity contribution < 1.29 is 0 Å². The minimum atomic E-state index is 0.593. The van der Waals surface area contributed by atoms with Crippen LogP contribution in [0, 0.1) is 13.8 Å². The van der Waals surface area contributed by atoms with Crippen LogP contribution in [0.15, 0.2) is 36.4 Å². The van der Waals surface area contributed by atoms with Crippen LogP contribution in [0.3, 0.4) is 0 Å². The molecule has 1 heterocycles. The van der Waals surface area contributed by atoms with Crippen molar-refractivity contribution in [1.29, 1.82) is 0 Å². The van der Waals surface area contributed by atoms with Crippen LogP contribution in [0.1, 0.15) is 22.5 Å². The fourth-order valence-electron chi connectivity index (χ4n) is 2.17. The van der Waals surface area contributed by atoms with Crippen molar-refractivity contribution in [2.75, 3.05) is 11.9 Å². The van der Waals surface area contributed by atoms with Gasteiger partial charge in [0.1, 0.15) is 0 Å². The lowest BCUT2D eigenvalue weighted by atomic mass is 10.1. The molecule has 2 aromatic rings. The lowest BCUT2D eigenvalue weighted by Crippen LogP contribution is -2.17. The van der Waals surface area contributed by atoms with E-state index in [4.69, 9.17) is 5.73 Å². The molecule has 0 fully saturated rings. The fraction of sp³-hybridized carbons (Fsp3) is 0.312. The van der Waals surface area contributed by atoms with Crippen LogP contribution >= 0.6 is 0 Å². The van der Waals surface area contributed by atoms with Crippen LogP contribution in [0.5, 0.6) is 0 Å². The maximum Gasteiger partial charge on any atom is 0.0600 e. The van der Waals surface area contributed by atoms with Gasteiger partial charge in [0.2, 0.25) is 0 Å². The molecule has 0 aliphatic rings. The number of aromatic nitrogens is 1. The third-order valence-electron chi connectivity index (χ3n) is 3.33. The van der Waals surface area contributed by atoms with Crippen LogP contribution in [-0.4, -0.2) is 12.0 Å². The van der Waals surface area contributed by atoms with Crippen molar-refractivity contribution in [2.24, 2.45) is 5.73 Å². The van der Waals surface area contributed by atoms with Crippen LogP contribution in [-0.2, 0) is 13.1 Å².